The number of hydrogen-bond donors (Lipinski definition) is 1. The first-order chi connectivity index (χ1) is 10.2. The van der Waals surface area contributed by atoms with E-state index in [1.54, 1.807) is 0 Å². The van der Waals surface area contributed by atoms with Crippen molar-refractivity contribution in [3.63, 3.8) is 0 Å². The maximum absolute atomic E-state index is 5.85. The molecule has 0 atom stereocenters. The van der Waals surface area contributed by atoms with Gasteiger partial charge < -0.3 is 10.1 Å². The van der Waals surface area contributed by atoms with Crippen molar-refractivity contribution >= 4 is 49.9 Å². The summed E-state index contributed by atoms with van der Waals surface area (Å²) in [5.74, 6) is 0.333. The molecule has 0 spiro atoms. The lowest BCUT2D eigenvalue weighted by Crippen LogP contribution is -2.02. The van der Waals surface area contributed by atoms with E-state index < -0.39 is 0 Å². The number of hydrogen-bond acceptors (Lipinski definition) is 5. The lowest BCUT2D eigenvalue weighted by atomic mass is 10.1. The molecule has 0 unspecified atom stereocenters. The van der Waals surface area contributed by atoms with Crippen LogP contribution >= 0.6 is 27.5 Å². The molecule has 0 aliphatic carbocycles. The Bertz CT molecular complexity index is 812. The molecule has 1 heterocycles. The number of benzene rings is 2. The number of anilines is 2. The van der Waals surface area contributed by atoms with Gasteiger partial charge in [-0.05, 0) is 29.1 Å². The second-order valence-electron chi connectivity index (χ2n) is 4.18. The Morgan fingerprint density at radius 1 is 1.05 bits per heavy atom. The van der Waals surface area contributed by atoms with E-state index in [1.165, 1.54) is 7.11 Å². The molecule has 2 aromatic carbocycles. The molecular formula is C14H10BrClN4O. The van der Waals surface area contributed by atoms with Crippen molar-refractivity contribution in [1.82, 2.24) is 15.0 Å². The van der Waals surface area contributed by atoms with Crippen LogP contribution in [0.4, 0.5) is 11.6 Å². The molecule has 0 radical (unpaired) electrons. The van der Waals surface area contributed by atoms with Crippen LogP contribution in [-0.4, -0.2) is 22.1 Å². The fraction of sp³-hybridized carbons (Fsp3) is 0.0714. The molecule has 1 N–H and O–H groups in total. The Balaban J connectivity index is 2.06. The van der Waals surface area contributed by atoms with Gasteiger partial charge in [0.05, 0.1) is 7.11 Å². The summed E-state index contributed by atoms with van der Waals surface area (Å²) in [6.45, 7) is 0. The average Bonchev–Trinajstić information content (AvgIpc) is 2.50. The fourth-order valence-corrected chi connectivity index (χ4v) is 2.60. The number of nitrogens with one attached hydrogen (secondary N) is 1. The number of aromatic nitrogens is 3. The molecule has 106 valence electrons. The summed E-state index contributed by atoms with van der Waals surface area (Å²) in [6, 6.07) is 12.1. The van der Waals surface area contributed by atoms with Gasteiger partial charge in [0.2, 0.25) is 11.2 Å². The average molecular weight is 366 g/mol. The zero-order valence-corrected chi connectivity index (χ0v) is 13.3. The molecule has 3 aromatic rings. The van der Waals surface area contributed by atoms with Gasteiger partial charge in [-0.15, -0.1) is 0 Å². The topological polar surface area (TPSA) is 59.9 Å². The SMILES string of the molecule is COc1nc(Cl)nc(Nc2ccc(Br)c3ccccc23)n1. The molecule has 0 aliphatic heterocycles. The molecule has 3 rings (SSSR count). The third kappa shape index (κ3) is 2.91. The van der Waals surface area contributed by atoms with Crippen LogP contribution in [0.5, 0.6) is 6.01 Å². The van der Waals surface area contributed by atoms with Crippen molar-refractivity contribution in [3.05, 3.63) is 46.2 Å². The zero-order chi connectivity index (χ0) is 14.8. The van der Waals surface area contributed by atoms with E-state index in [4.69, 9.17) is 16.3 Å². The highest BCUT2D eigenvalue weighted by Gasteiger charge is 2.08. The quantitative estimate of drug-likeness (QED) is 0.754. The van der Waals surface area contributed by atoms with Crippen LogP contribution < -0.4 is 10.1 Å². The summed E-state index contributed by atoms with van der Waals surface area (Å²) in [6.07, 6.45) is 0. The maximum atomic E-state index is 5.85. The minimum absolute atomic E-state index is 0.0748. The van der Waals surface area contributed by atoms with Crippen molar-refractivity contribution < 1.29 is 4.74 Å². The van der Waals surface area contributed by atoms with Gasteiger partial charge in [0.25, 0.3) is 0 Å². The molecule has 7 heteroatoms. The van der Waals surface area contributed by atoms with Gasteiger partial charge in [-0.2, -0.15) is 15.0 Å². The summed E-state index contributed by atoms with van der Waals surface area (Å²) < 4.78 is 6.01. The molecule has 0 fully saturated rings. The van der Waals surface area contributed by atoms with Crippen LogP contribution in [0.1, 0.15) is 0 Å². The lowest BCUT2D eigenvalue weighted by Gasteiger charge is -2.10. The molecular weight excluding hydrogens is 356 g/mol. The second-order valence-corrected chi connectivity index (χ2v) is 5.37. The number of methoxy groups -OCH3 is 1. The summed E-state index contributed by atoms with van der Waals surface area (Å²) in [7, 11) is 1.48. The molecule has 0 saturated heterocycles. The van der Waals surface area contributed by atoms with Crippen molar-refractivity contribution in [3.8, 4) is 6.01 Å². The normalized spacial score (nSPS) is 10.6. The maximum Gasteiger partial charge on any atom is 0.322 e. The largest absolute Gasteiger partial charge is 0.467 e. The highest BCUT2D eigenvalue weighted by molar-refractivity contribution is 9.10. The summed E-state index contributed by atoms with van der Waals surface area (Å²) in [5, 5.41) is 5.35. The Hall–Kier alpha value is -1.92. The second kappa shape index (κ2) is 5.83. The third-order valence-corrected chi connectivity index (χ3v) is 3.75. The monoisotopic (exact) mass is 364 g/mol. The smallest absolute Gasteiger partial charge is 0.322 e. The van der Waals surface area contributed by atoms with Crippen molar-refractivity contribution in [1.29, 1.82) is 0 Å². The third-order valence-electron chi connectivity index (χ3n) is 2.89. The summed E-state index contributed by atoms with van der Waals surface area (Å²) >= 11 is 9.39. The minimum Gasteiger partial charge on any atom is -0.467 e. The molecule has 0 saturated carbocycles. The van der Waals surface area contributed by atoms with E-state index in [0.29, 0.717) is 5.95 Å². The molecule has 5 nitrogen and oxygen atoms in total. The fourth-order valence-electron chi connectivity index (χ4n) is 1.97. The Labute approximate surface area is 134 Å². The number of nitrogens with zero attached hydrogens (tertiary/aromatic N) is 3. The predicted octanol–water partition coefficient (Wildman–Crippen LogP) is 4.19. The highest BCUT2D eigenvalue weighted by Crippen LogP contribution is 2.31. The van der Waals surface area contributed by atoms with Gasteiger partial charge in [-0.3, -0.25) is 0 Å². The van der Waals surface area contributed by atoms with E-state index >= 15 is 0 Å². The Morgan fingerprint density at radius 2 is 1.81 bits per heavy atom. The van der Waals surface area contributed by atoms with Gasteiger partial charge in [0.15, 0.2) is 0 Å². The van der Waals surface area contributed by atoms with Gasteiger partial charge in [-0.25, -0.2) is 0 Å². The van der Waals surface area contributed by atoms with Crippen molar-refractivity contribution in [2.24, 2.45) is 0 Å². The lowest BCUT2D eigenvalue weighted by molar-refractivity contribution is 0.379. The molecule has 0 aliphatic rings. The van der Waals surface area contributed by atoms with E-state index in [0.717, 1.165) is 20.9 Å². The molecule has 1 aromatic heterocycles. The minimum atomic E-state index is 0.0748. The standard InChI is InChI=1S/C14H10BrClN4O/c1-21-14-19-12(16)18-13(20-14)17-11-7-6-10(15)8-4-2-3-5-9(8)11/h2-7H,1H3,(H,17,18,19,20). The Kier molecular flexibility index (Phi) is 3.90. The highest BCUT2D eigenvalue weighted by atomic mass is 79.9. The van der Waals surface area contributed by atoms with Crippen LogP contribution in [-0.2, 0) is 0 Å². The first-order valence-corrected chi connectivity index (χ1v) is 7.24. The van der Waals surface area contributed by atoms with Gasteiger partial charge in [0, 0.05) is 15.5 Å². The Morgan fingerprint density at radius 3 is 2.57 bits per heavy atom. The van der Waals surface area contributed by atoms with Crippen LogP contribution in [0.15, 0.2) is 40.9 Å². The van der Waals surface area contributed by atoms with Gasteiger partial charge >= 0.3 is 6.01 Å². The van der Waals surface area contributed by atoms with Crippen LogP contribution in [0.3, 0.4) is 0 Å². The first-order valence-electron chi connectivity index (χ1n) is 6.07. The van der Waals surface area contributed by atoms with Gasteiger partial charge in [-0.1, -0.05) is 40.2 Å². The van der Waals surface area contributed by atoms with E-state index in [2.05, 4.69) is 36.2 Å². The van der Waals surface area contributed by atoms with Crippen molar-refractivity contribution in [2.75, 3.05) is 12.4 Å². The molecule has 21 heavy (non-hydrogen) atoms. The van der Waals surface area contributed by atoms with E-state index in [-0.39, 0.29) is 11.3 Å². The summed E-state index contributed by atoms with van der Waals surface area (Å²) in [4.78, 5) is 12.0. The van der Waals surface area contributed by atoms with Gasteiger partial charge in [0.1, 0.15) is 0 Å². The molecule has 0 amide bonds. The van der Waals surface area contributed by atoms with Crippen molar-refractivity contribution in [2.45, 2.75) is 0 Å². The van der Waals surface area contributed by atoms with Crippen LogP contribution in [0, 0.1) is 0 Å². The predicted molar refractivity (Wildman–Crippen MR) is 86.3 cm³/mol. The number of ether oxygens (including phenoxy) is 1. The number of halogens is 2. The van der Waals surface area contributed by atoms with E-state index in [9.17, 15) is 0 Å². The molecule has 0 bridgehead atoms. The van der Waals surface area contributed by atoms with E-state index in [1.807, 2.05) is 36.4 Å². The van der Waals surface area contributed by atoms with Crippen LogP contribution in [0.25, 0.3) is 10.8 Å². The summed E-state index contributed by atoms with van der Waals surface area (Å²) in [5.41, 5.74) is 0.873. The van der Waals surface area contributed by atoms with Crippen LogP contribution in [0.2, 0.25) is 5.28 Å². The number of fused-ring (bicyclic) bond motifs is 1. The zero-order valence-electron chi connectivity index (χ0n) is 11.0. The number of rotatable bonds is 3. The first kappa shape index (κ1) is 14.0.